The van der Waals surface area contributed by atoms with Crippen molar-refractivity contribution < 1.29 is 4.79 Å². The van der Waals surface area contributed by atoms with Crippen LogP contribution < -0.4 is 5.32 Å². The van der Waals surface area contributed by atoms with E-state index in [0.29, 0.717) is 11.9 Å². The number of carbonyl (C=O) groups excluding carboxylic acids is 1. The molecule has 0 spiro atoms. The van der Waals surface area contributed by atoms with E-state index in [2.05, 4.69) is 45.0 Å². The van der Waals surface area contributed by atoms with Crippen LogP contribution in [0, 0.1) is 5.92 Å². The van der Waals surface area contributed by atoms with E-state index in [1.165, 1.54) is 0 Å². The zero-order valence-electron chi connectivity index (χ0n) is 16.4. The van der Waals surface area contributed by atoms with E-state index < -0.39 is 0 Å². The van der Waals surface area contributed by atoms with Crippen LogP contribution in [0.25, 0.3) is 11.0 Å². The van der Waals surface area contributed by atoms with Crippen LogP contribution in [0.15, 0.2) is 30.9 Å². The molecule has 0 bridgehead atoms. The van der Waals surface area contributed by atoms with Crippen molar-refractivity contribution in [2.24, 2.45) is 5.92 Å². The monoisotopic (exact) mass is 369 g/mol. The first-order valence-electron chi connectivity index (χ1n) is 9.31. The molecular weight excluding hydrogens is 342 g/mol. The van der Waals surface area contributed by atoms with E-state index in [1.807, 2.05) is 12.3 Å². The predicted molar refractivity (Wildman–Crippen MR) is 106 cm³/mol. The number of likely N-dealkylation sites (N-methyl/N-ethyl adjacent to an activating group) is 1. The molecule has 27 heavy (non-hydrogen) atoms. The van der Waals surface area contributed by atoms with Gasteiger partial charge in [0.15, 0.2) is 0 Å². The average Bonchev–Trinajstić information content (AvgIpc) is 3.26. The van der Waals surface area contributed by atoms with Crippen LogP contribution >= 0.6 is 0 Å². The van der Waals surface area contributed by atoms with Gasteiger partial charge >= 0.3 is 0 Å². The van der Waals surface area contributed by atoms with E-state index in [9.17, 15) is 4.79 Å². The van der Waals surface area contributed by atoms with Crippen LogP contribution in [-0.4, -0.2) is 49.2 Å². The highest BCUT2D eigenvalue weighted by Gasteiger charge is 2.11. The van der Waals surface area contributed by atoms with Gasteiger partial charge in [0, 0.05) is 44.6 Å². The molecule has 0 aliphatic carbocycles. The number of hydrogen-bond acceptors (Lipinski definition) is 5. The summed E-state index contributed by atoms with van der Waals surface area (Å²) in [5, 5.41) is 8.41. The van der Waals surface area contributed by atoms with Gasteiger partial charge in [-0.25, -0.2) is 4.98 Å². The molecule has 3 heterocycles. The van der Waals surface area contributed by atoms with Gasteiger partial charge in [0.2, 0.25) is 11.9 Å². The fraction of sp³-hybridized carbons (Fsp3) is 0.474. The van der Waals surface area contributed by atoms with Crippen molar-refractivity contribution in [3.8, 4) is 0 Å². The highest BCUT2D eigenvalue weighted by atomic mass is 16.2. The molecule has 0 fully saturated rings. The third kappa shape index (κ3) is 4.45. The molecule has 0 aliphatic rings. The van der Waals surface area contributed by atoms with Gasteiger partial charge in [0.25, 0.3) is 0 Å². The maximum absolute atomic E-state index is 11.8. The third-order valence-electron chi connectivity index (χ3n) is 4.80. The first-order valence-corrected chi connectivity index (χ1v) is 9.31. The quantitative estimate of drug-likeness (QED) is 0.660. The summed E-state index contributed by atoms with van der Waals surface area (Å²) in [4.78, 5) is 22.4. The molecule has 0 aromatic carbocycles. The minimum absolute atomic E-state index is 0.0125. The van der Waals surface area contributed by atoms with Crippen LogP contribution in [0.2, 0.25) is 0 Å². The maximum atomic E-state index is 11.8. The number of hydrogen-bond donors (Lipinski definition) is 1. The lowest BCUT2D eigenvalue weighted by atomic mass is 10.0. The molecule has 144 valence electrons. The van der Waals surface area contributed by atoms with Gasteiger partial charge < -0.3 is 14.8 Å². The zero-order valence-corrected chi connectivity index (χ0v) is 16.4. The van der Waals surface area contributed by atoms with Gasteiger partial charge in [-0.2, -0.15) is 10.1 Å². The normalized spacial score (nSPS) is 11.3. The molecule has 0 atom stereocenters. The van der Waals surface area contributed by atoms with E-state index in [-0.39, 0.29) is 12.5 Å². The summed E-state index contributed by atoms with van der Waals surface area (Å²) in [7, 11) is 3.45. The zero-order chi connectivity index (χ0) is 19.4. The number of nitrogens with one attached hydrogen (secondary N) is 1. The molecular formula is C19H27N7O. The highest BCUT2D eigenvalue weighted by molar-refractivity contribution is 5.77. The fourth-order valence-electron chi connectivity index (χ4n) is 2.93. The summed E-state index contributed by atoms with van der Waals surface area (Å²) >= 11 is 0. The molecule has 0 unspecified atom stereocenters. The minimum atomic E-state index is -0.0125. The van der Waals surface area contributed by atoms with Gasteiger partial charge in [0.1, 0.15) is 12.2 Å². The van der Waals surface area contributed by atoms with Crippen LogP contribution in [0.5, 0.6) is 0 Å². The number of amides is 1. The number of carbonyl (C=O) groups is 1. The molecule has 3 aromatic heterocycles. The Kier molecular flexibility index (Phi) is 5.73. The molecule has 0 radical (unpaired) electrons. The Labute approximate surface area is 159 Å². The molecule has 1 amide bonds. The molecule has 3 rings (SSSR count). The molecule has 0 aliphatic heterocycles. The number of fused-ring (bicyclic) bond motifs is 1. The van der Waals surface area contributed by atoms with Crippen LogP contribution in [-0.2, 0) is 17.9 Å². The van der Waals surface area contributed by atoms with Crippen molar-refractivity contribution in [2.45, 2.75) is 39.8 Å². The Morgan fingerprint density at radius 1 is 1.26 bits per heavy atom. The van der Waals surface area contributed by atoms with E-state index >= 15 is 0 Å². The van der Waals surface area contributed by atoms with Crippen molar-refractivity contribution in [1.82, 2.24) is 29.2 Å². The minimum Gasteiger partial charge on any atom is -0.347 e. The lowest BCUT2D eigenvalue weighted by Gasteiger charge is -2.14. The Morgan fingerprint density at radius 3 is 2.74 bits per heavy atom. The van der Waals surface area contributed by atoms with Crippen molar-refractivity contribution in [3.63, 3.8) is 0 Å². The smallest absolute Gasteiger partial charge is 0.243 e. The van der Waals surface area contributed by atoms with Crippen LogP contribution in [0.1, 0.15) is 26.7 Å². The van der Waals surface area contributed by atoms with E-state index in [4.69, 9.17) is 0 Å². The standard InChI is InChI=1S/C19H27N7O/c1-5-14(6-2)11-25-8-7-15-9-20-19(23-18(15)25)22-16-10-21-26(12-16)13-17(27)24(3)4/h7-10,12,14H,5-6,11,13H2,1-4H3,(H,20,22,23). The summed E-state index contributed by atoms with van der Waals surface area (Å²) in [6, 6.07) is 2.05. The van der Waals surface area contributed by atoms with E-state index in [1.54, 1.807) is 36.1 Å². The topological polar surface area (TPSA) is 80.9 Å². The van der Waals surface area contributed by atoms with Crippen molar-refractivity contribution >= 4 is 28.6 Å². The first kappa shape index (κ1) is 18.9. The second kappa shape index (κ2) is 8.20. The predicted octanol–water partition coefficient (Wildman–Crippen LogP) is 2.90. The molecule has 0 saturated heterocycles. The lowest BCUT2D eigenvalue weighted by Crippen LogP contribution is -2.26. The van der Waals surface area contributed by atoms with Gasteiger partial charge in [0.05, 0.1) is 11.9 Å². The number of anilines is 2. The average molecular weight is 369 g/mol. The van der Waals surface area contributed by atoms with Crippen LogP contribution in [0.3, 0.4) is 0 Å². The second-order valence-electron chi connectivity index (χ2n) is 6.96. The Balaban J connectivity index is 1.75. The Bertz CT molecular complexity index is 908. The van der Waals surface area contributed by atoms with Gasteiger partial charge in [-0.15, -0.1) is 0 Å². The van der Waals surface area contributed by atoms with Crippen molar-refractivity contribution in [1.29, 1.82) is 0 Å². The first-order chi connectivity index (χ1) is 13.0. The van der Waals surface area contributed by atoms with Crippen molar-refractivity contribution in [3.05, 3.63) is 30.9 Å². The van der Waals surface area contributed by atoms with Crippen LogP contribution in [0.4, 0.5) is 11.6 Å². The van der Waals surface area contributed by atoms with Gasteiger partial charge in [-0.3, -0.25) is 9.48 Å². The number of rotatable bonds is 8. The lowest BCUT2D eigenvalue weighted by molar-refractivity contribution is -0.129. The summed E-state index contributed by atoms with van der Waals surface area (Å²) < 4.78 is 3.79. The Morgan fingerprint density at radius 2 is 2.04 bits per heavy atom. The number of aromatic nitrogens is 5. The highest BCUT2D eigenvalue weighted by Crippen LogP contribution is 2.20. The summed E-state index contributed by atoms with van der Waals surface area (Å²) in [5.41, 5.74) is 1.67. The SMILES string of the molecule is CCC(CC)Cn1ccc2cnc(Nc3cnn(CC(=O)N(C)C)c3)nc21. The summed E-state index contributed by atoms with van der Waals surface area (Å²) in [5.74, 6) is 1.14. The van der Waals surface area contributed by atoms with E-state index in [0.717, 1.165) is 36.1 Å². The van der Waals surface area contributed by atoms with Gasteiger partial charge in [-0.05, 0) is 12.0 Å². The molecule has 8 heteroatoms. The van der Waals surface area contributed by atoms with Crippen molar-refractivity contribution in [2.75, 3.05) is 19.4 Å². The second-order valence-corrected chi connectivity index (χ2v) is 6.96. The largest absolute Gasteiger partial charge is 0.347 e. The number of nitrogens with zero attached hydrogens (tertiary/aromatic N) is 6. The molecule has 3 aromatic rings. The fourth-order valence-corrected chi connectivity index (χ4v) is 2.93. The Hall–Kier alpha value is -2.90. The molecule has 1 N–H and O–H groups in total. The maximum Gasteiger partial charge on any atom is 0.243 e. The molecule has 0 saturated carbocycles. The summed E-state index contributed by atoms with van der Waals surface area (Å²) in [6.07, 6.45) is 9.65. The summed E-state index contributed by atoms with van der Waals surface area (Å²) in [6.45, 7) is 5.60. The van der Waals surface area contributed by atoms with Gasteiger partial charge in [-0.1, -0.05) is 26.7 Å². The third-order valence-corrected chi connectivity index (χ3v) is 4.80. The molecule has 8 nitrogen and oxygen atoms in total.